The molecule has 0 aromatic heterocycles. The van der Waals surface area contributed by atoms with Crippen LogP contribution in [0, 0.1) is 0 Å². The summed E-state index contributed by atoms with van der Waals surface area (Å²) in [6.07, 6.45) is 2.00. The first-order valence-corrected chi connectivity index (χ1v) is 6.10. The van der Waals surface area contributed by atoms with Gasteiger partial charge in [0.15, 0.2) is 0 Å². The molecule has 2 heteroatoms. The molecule has 0 bridgehead atoms. The summed E-state index contributed by atoms with van der Waals surface area (Å²) in [5, 5.41) is 0. The highest BCUT2D eigenvalue weighted by Gasteiger charge is 1.95. The van der Waals surface area contributed by atoms with Gasteiger partial charge in [0.2, 0.25) is 0 Å². The van der Waals surface area contributed by atoms with E-state index in [1.165, 1.54) is 11.1 Å². The van der Waals surface area contributed by atoms with Gasteiger partial charge in [-0.3, -0.25) is 0 Å². The zero-order valence-corrected chi connectivity index (χ0v) is 10.4. The lowest BCUT2D eigenvalue weighted by Crippen LogP contribution is -2.00. The fourth-order valence-corrected chi connectivity index (χ4v) is 1.54. The summed E-state index contributed by atoms with van der Waals surface area (Å²) in [7, 11) is 0. The molecule has 0 aliphatic rings. The van der Waals surface area contributed by atoms with E-state index in [9.17, 15) is 0 Å². The van der Waals surface area contributed by atoms with Crippen molar-refractivity contribution in [3.05, 3.63) is 35.4 Å². The molecule has 2 nitrogen and oxygen atoms in total. The molecule has 0 saturated heterocycles. The fraction of sp³-hybridized carbons (Fsp3) is 0.571. The monoisotopic (exact) mass is 222 g/mol. The maximum absolute atomic E-state index is 5.33. The number of benzene rings is 1. The van der Waals surface area contributed by atoms with Crippen molar-refractivity contribution in [2.75, 3.05) is 26.4 Å². The van der Waals surface area contributed by atoms with Gasteiger partial charge in [-0.15, -0.1) is 0 Å². The molecule has 0 saturated carbocycles. The normalized spacial score (nSPS) is 10.6. The Labute approximate surface area is 98.6 Å². The average Bonchev–Trinajstić information content (AvgIpc) is 2.32. The Balaban J connectivity index is 2.30. The third kappa shape index (κ3) is 5.29. The Morgan fingerprint density at radius 3 is 1.44 bits per heavy atom. The molecule has 0 spiro atoms. The fourth-order valence-electron chi connectivity index (χ4n) is 1.54. The Morgan fingerprint density at radius 1 is 0.750 bits per heavy atom. The Kier molecular flexibility index (Phi) is 6.86. The molecular formula is C14H22O2. The lowest BCUT2D eigenvalue weighted by Gasteiger charge is -2.05. The Morgan fingerprint density at radius 2 is 1.12 bits per heavy atom. The van der Waals surface area contributed by atoms with Crippen LogP contribution in [0.4, 0.5) is 0 Å². The molecule has 1 aromatic carbocycles. The van der Waals surface area contributed by atoms with Crippen LogP contribution in [0.15, 0.2) is 24.3 Å². The second-order valence-electron chi connectivity index (χ2n) is 3.71. The van der Waals surface area contributed by atoms with E-state index in [1.54, 1.807) is 0 Å². The number of rotatable bonds is 8. The number of hydrogen-bond donors (Lipinski definition) is 0. The molecule has 0 atom stereocenters. The standard InChI is InChI=1S/C14H22O2/c1-3-15-11-9-13-5-7-14(8-6-13)10-12-16-4-2/h5-8H,3-4,9-12H2,1-2H3. The van der Waals surface area contributed by atoms with Crippen molar-refractivity contribution in [2.45, 2.75) is 26.7 Å². The zero-order valence-electron chi connectivity index (χ0n) is 10.4. The Hall–Kier alpha value is -0.860. The van der Waals surface area contributed by atoms with Crippen LogP contribution in [0.25, 0.3) is 0 Å². The van der Waals surface area contributed by atoms with E-state index in [-0.39, 0.29) is 0 Å². The van der Waals surface area contributed by atoms with E-state index in [4.69, 9.17) is 9.47 Å². The van der Waals surface area contributed by atoms with E-state index < -0.39 is 0 Å². The highest BCUT2D eigenvalue weighted by atomic mass is 16.5. The van der Waals surface area contributed by atoms with E-state index in [1.807, 2.05) is 13.8 Å². The molecule has 0 amide bonds. The molecule has 0 fully saturated rings. The van der Waals surface area contributed by atoms with Crippen LogP contribution in [0.1, 0.15) is 25.0 Å². The van der Waals surface area contributed by atoms with Crippen molar-refractivity contribution in [3.8, 4) is 0 Å². The van der Waals surface area contributed by atoms with Crippen LogP contribution in [-0.2, 0) is 22.3 Å². The van der Waals surface area contributed by atoms with Crippen LogP contribution in [0.5, 0.6) is 0 Å². The van der Waals surface area contributed by atoms with Gasteiger partial charge in [-0.25, -0.2) is 0 Å². The van der Waals surface area contributed by atoms with Gasteiger partial charge in [0.25, 0.3) is 0 Å². The van der Waals surface area contributed by atoms with Crippen molar-refractivity contribution in [3.63, 3.8) is 0 Å². The average molecular weight is 222 g/mol. The molecule has 0 aliphatic heterocycles. The molecule has 0 N–H and O–H groups in total. The largest absolute Gasteiger partial charge is 0.381 e. The summed E-state index contributed by atoms with van der Waals surface area (Å²) in [6.45, 7) is 7.27. The van der Waals surface area contributed by atoms with Gasteiger partial charge in [-0.1, -0.05) is 24.3 Å². The minimum Gasteiger partial charge on any atom is -0.381 e. The number of ether oxygens (including phenoxy) is 2. The molecule has 0 radical (unpaired) electrons. The third-order valence-electron chi connectivity index (χ3n) is 2.50. The van der Waals surface area contributed by atoms with Crippen LogP contribution in [-0.4, -0.2) is 26.4 Å². The zero-order chi connectivity index (χ0) is 11.6. The quantitative estimate of drug-likeness (QED) is 0.630. The molecule has 0 aliphatic carbocycles. The minimum absolute atomic E-state index is 0.798. The molecule has 1 rings (SSSR count). The molecule has 0 unspecified atom stereocenters. The van der Waals surface area contributed by atoms with E-state index in [0.29, 0.717) is 0 Å². The van der Waals surface area contributed by atoms with Crippen LogP contribution < -0.4 is 0 Å². The lowest BCUT2D eigenvalue weighted by molar-refractivity contribution is 0.150. The summed E-state index contributed by atoms with van der Waals surface area (Å²) in [5.41, 5.74) is 2.68. The molecule has 1 aromatic rings. The highest BCUT2D eigenvalue weighted by Crippen LogP contribution is 2.06. The first kappa shape index (κ1) is 13.2. The summed E-state index contributed by atoms with van der Waals surface area (Å²) >= 11 is 0. The van der Waals surface area contributed by atoms with E-state index in [0.717, 1.165) is 39.3 Å². The van der Waals surface area contributed by atoms with E-state index >= 15 is 0 Å². The maximum atomic E-state index is 5.33. The summed E-state index contributed by atoms with van der Waals surface area (Å²) in [4.78, 5) is 0. The summed E-state index contributed by atoms with van der Waals surface area (Å²) in [5.74, 6) is 0. The smallest absolute Gasteiger partial charge is 0.0506 e. The predicted octanol–water partition coefficient (Wildman–Crippen LogP) is 2.84. The van der Waals surface area contributed by atoms with Crippen LogP contribution in [0.2, 0.25) is 0 Å². The van der Waals surface area contributed by atoms with Gasteiger partial charge in [0, 0.05) is 13.2 Å². The minimum atomic E-state index is 0.798. The highest BCUT2D eigenvalue weighted by molar-refractivity contribution is 5.22. The SMILES string of the molecule is CCOCCc1ccc(CCOCC)cc1. The van der Waals surface area contributed by atoms with Gasteiger partial charge in [0.1, 0.15) is 0 Å². The number of hydrogen-bond acceptors (Lipinski definition) is 2. The predicted molar refractivity (Wildman–Crippen MR) is 66.8 cm³/mol. The van der Waals surface area contributed by atoms with Gasteiger partial charge in [-0.2, -0.15) is 0 Å². The first-order valence-electron chi connectivity index (χ1n) is 6.10. The van der Waals surface area contributed by atoms with Gasteiger partial charge < -0.3 is 9.47 Å². The van der Waals surface area contributed by atoms with Crippen molar-refractivity contribution < 1.29 is 9.47 Å². The van der Waals surface area contributed by atoms with Gasteiger partial charge in [-0.05, 0) is 37.8 Å². The lowest BCUT2D eigenvalue weighted by atomic mass is 10.1. The molecular weight excluding hydrogens is 200 g/mol. The van der Waals surface area contributed by atoms with Crippen LogP contribution >= 0.6 is 0 Å². The van der Waals surface area contributed by atoms with Crippen molar-refractivity contribution in [2.24, 2.45) is 0 Å². The summed E-state index contributed by atoms with van der Waals surface area (Å²) in [6, 6.07) is 8.72. The van der Waals surface area contributed by atoms with Crippen LogP contribution in [0.3, 0.4) is 0 Å². The van der Waals surface area contributed by atoms with Crippen molar-refractivity contribution in [1.29, 1.82) is 0 Å². The Bertz CT molecular complexity index is 238. The summed E-state index contributed by atoms with van der Waals surface area (Å²) < 4.78 is 10.7. The topological polar surface area (TPSA) is 18.5 Å². The first-order chi connectivity index (χ1) is 7.86. The van der Waals surface area contributed by atoms with Gasteiger partial charge in [0.05, 0.1) is 13.2 Å². The second kappa shape index (κ2) is 8.31. The van der Waals surface area contributed by atoms with Crippen molar-refractivity contribution >= 4 is 0 Å². The molecule has 90 valence electrons. The maximum Gasteiger partial charge on any atom is 0.0506 e. The second-order valence-corrected chi connectivity index (χ2v) is 3.71. The molecule has 0 heterocycles. The van der Waals surface area contributed by atoms with Crippen molar-refractivity contribution in [1.82, 2.24) is 0 Å². The third-order valence-corrected chi connectivity index (χ3v) is 2.50. The van der Waals surface area contributed by atoms with Gasteiger partial charge >= 0.3 is 0 Å². The van der Waals surface area contributed by atoms with E-state index in [2.05, 4.69) is 24.3 Å². The molecule has 16 heavy (non-hydrogen) atoms.